The van der Waals surface area contributed by atoms with E-state index < -0.39 is 5.41 Å². The summed E-state index contributed by atoms with van der Waals surface area (Å²) in [5.41, 5.74) is 25.8. The van der Waals surface area contributed by atoms with Crippen molar-refractivity contribution in [3.63, 3.8) is 0 Å². The van der Waals surface area contributed by atoms with Crippen LogP contribution in [0, 0.1) is 0 Å². The number of aromatic nitrogens is 2. The number of ether oxygens (including phenoxy) is 1. The maximum Gasteiger partial charge on any atom is 0.256 e. The Labute approximate surface area is 451 Å². The van der Waals surface area contributed by atoms with Crippen LogP contribution in [0.25, 0.3) is 88.4 Å². The van der Waals surface area contributed by atoms with Crippen molar-refractivity contribution in [2.75, 3.05) is 4.90 Å². The number of hydrogen-bond acceptors (Lipinski definition) is 2. The molecule has 18 rings (SSSR count). The molecule has 0 radical (unpaired) electrons. The van der Waals surface area contributed by atoms with Crippen LogP contribution in [-0.2, 0) is 5.41 Å². The van der Waals surface area contributed by atoms with Crippen LogP contribution in [0.15, 0.2) is 267 Å². The SMILES string of the molecule is c1ccc(-c2ccc3c(c2)B2c4ccc(-n5c6ccccc6c6ccccc65)cc4Oc4cc(-n5c6ccccc6c6ccccc65)cc(c42)N3c2cccc3c2C2(c4ccccc4-c4ccccc42)c2ccccc2-3)cc1. The minimum absolute atomic E-state index is 0.163. The first-order valence-electron chi connectivity index (χ1n) is 27.1. The average Bonchev–Trinajstić information content (AvgIpc) is 3.22. The van der Waals surface area contributed by atoms with Crippen molar-refractivity contribution in [2.45, 2.75) is 5.41 Å². The first kappa shape index (κ1) is 42.2. The van der Waals surface area contributed by atoms with Gasteiger partial charge in [0, 0.05) is 56.3 Å². The zero-order valence-corrected chi connectivity index (χ0v) is 42.2. The van der Waals surface area contributed by atoms with Gasteiger partial charge in [-0.3, -0.25) is 0 Å². The molecule has 4 aliphatic rings. The van der Waals surface area contributed by atoms with Crippen molar-refractivity contribution in [3.05, 3.63) is 289 Å². The zero-order valence-electron chi connectivity index (χ0n) is 42.2. The lowest BCUT2D eigenvalue weighted by molar-refractivity contribution is 0.487. The molecule has 2 aromatic heterocycles. The molecule has 5 heteroatoms. The van der Waals surface area contributed by atoms with Gasteiger partial charge in [0.25, 0.3) is 6.71 Å². The van der Waals surface area contributed by atoms with E-state index in [1.807, 2.05) is 0 Å². The molecule has 12 aromatic carbocycles. The molecule has 2 aliphatic carbocycles. The quantitative estimate of drug-likeness (QED) is 0.164. The summed E-state index contributed by atoms with van der Waals surface area (Å²) in [5.74, 6) is 1.71. The van der Waals surface area contributed by atoms with Crippen LogP contribution in [0.5, 0.6) is 11.5 Å². The first-order valence-corrected chi connectivity index (χ1v) is 27.1. The molecule has 78 heavy (non-hydrogen) atoms. The average molecular weight is 990 g/mol. The zero-order chi connectivity index (χ0) is 50.8. The highest BCUT2D eigenvalue weighted by Crippen LogP contribution is 2.65. The molecule has 14 aromatic rings. The van der Waals surface area contributed by atoms with Gasteiger partial charge in [0.1, 0.15) is 11.5 Å². The second kappa shape index (κ2) is 15.5. The summed E-state index contributed by atoms with van der Waals surface area (Å²) in [6, 6.07) is 99.4. The van der Waals surface area contributed by atoms with Crippen molar-refractivity contribution < 1.29 is 4.74 Å². The number of nitrogens with zero attached hydrogens (tertiary/aromatic N) is 3. The van der Waals surface area contributed by atoms with Gasteiger partial charge in [-0.1, -0.05) is 206 Å². The van der Waals surface area contributed by atoms with E-state index in [0.29, 0.717) is 0 Å². The molecule has 0 bridgehead atoms. The number of anilines is 3. The molecule has 0 atom stereocenters. The fourth-order valence-corrected chi connectivity index (χ4v) is 14.8. The van der Waals surface area contributed by atoms with Gasteiger partial charge in [0.2, 0.25) is 0 Å². The Morgan fingerprint density at radius 2 is 0.821 bits per heavy atom. The van der Waals surface area contributed by atoms with E-state index in [4.69, 9.17) is 4.74 Å². The van der Waals surface area contributed by atoms with Gasteiger partial charge in [-0.05, 0) is 115 Å². The number of fused-ring (bicyclic) bond motifs is 20. The molecule has 0 saturated heterocycles. The van der Waals surface area contributed by atoms with Gasteiger partial charge in [0.15, 0.2) is 0 Å². The van der Waals surface area contributed by atoms with E-state index in [1.165, 1.54) is 93.7 Å². The van der Waals surface area contributed by atoms with Gasteiger partial charge in [0.05, 0.1) is 38.9 Å². The highest BCUT2D eigenvalue weighted by Gasteiger charge is 2.54. The normalized spacial score (nSPS) is 13.8. The third-order valence-corrected chi connectivity index (χ3v) is 17.8. The summed E-state index contributed by atoms with van der Waals surface area (Å²) in [6.07, 6.45) is 0. The lowest BCUT2D eigenvalue weighted by Gasteiger charge is -2.42. The van der Waals surface area contributed by atoms with E-state index in [1.54, 1.807) is 0 Å². The maximum absolute atomic E-state index is 7.64. The molecule has 0 N–H and O–H groups in total. The first-order chi connectivity index (χ1) is 38.7. The fourth-order valence-electron chi connectivity index (χ4n) is 14.8. The van der Waals surface area contributed by atoms with E-state index in [-0.39, 0.29) is 6.71 Å². The molecule has 2 aliphatic heterocycles. The van der Waals surface area contributed by atoms with Crippen LogP contribution in [0.1, 0.15) is 22.3 Å². The molecule has 360 valence electrons. The standard InChI is InChI=1S/C73H44BN3O/c1-2-19-45(20-3-1)46-37-40-66-61(41-46)74-60-39-38-47(75-62-32-14-7-24-52(62)53-25-8-15-33-63(53)75)43-69(60)78-70-44-48(76-64-34-16-9-26-54(64)55-27-10-17-35-65(55)76)42-68(72(70)74)77(66)67-36-18-28-56-51-23-6-13-31-59(51)73(71(56)67)57-29-11-4-21-49(57)50-22-5-12-30-58(50)73/h1-44H. The van der Waals surface area contributed by atoms with E-state index in [2.05, 4.69) is 281 Å². The smallest absolute Gasteiger partial charge is 0.256 e. The fraction of sp³-hybridized carbons (Fsp3) is 0.0137. The molecule has 0 unspecified atom stereocenters. The Morgan fingerprint density at radius 3 is 1.42 bits per heavy atom. The van der Waals surface area contributed by atoms with E-state index >= 15 is 0 Å². The Balaban J connectivity index is 0.961. The second-order valence-corrected chi connectivity index (χ2v) is 21.4. The molecule has 4 nitrogen and oxygen atoms in total. The molecule has 0 amide bonds. The highest BCUT2D eigenvalue weighted by molar-refractivity contribution is 6.99. The van der Waals surface area contributed by atoms with Crippen molar-refractivity contribution in [1.29, 1.82) is 0 Å². The summed E-state index contributed by atoms with van der Waals surface area (Å²) < 4.78 is 12.5. The molecule has 1 spiro atoms. The van der Waals surface area contributed by atoms with E-state index in [9.17, 15) is 0 Å². The van der Waals surface area contributed by atoms with Crippen molar-refractivity contribution >= 4 is 83.8 Å². The Bertz CT molecular complexity index is 4760. The predicted octanol–water partition coefficient (Wildman–Crippen LogP) is 16.3. The Kier molecular flexibility index (Phi) is 8.38. The van der Waals surface area contributed by atoms with Gasteiger partial charge in [-0.2, -0.15) is 0 Å². The van der Waals surface area contributed by atoms with Crippen LogP contribution < -0.4 is 26.0 Å². The maximum atomic E-state index is 7.64. The number of benzene rings is 12. The molecule has 0 fully saturated rings. The Hall–Kier alpha value is -10.1. The lowest BCUT2D eigenvalue weighted by Crippen LogP contribution is -2.59. The van der Waals surface area contributed by atoms with Gasteiger partial charge >= 0.3 is 0 Å². The largest absolute Gasteiger partial charge is 0.458 e. The summed E-state index contributed by atoms with van der Waals surface area (Å²) in [4.78, 5) is 2.62. The van der Waals surface area contributed by atoms with Crippen LogP contribution in [0.2, 0.25) is 0 Å². The minimum Gasteiger partial charge on any atom is -0.458 e. The molecule has 0 saturated carbocycles. The minimum atomic E-state index is -0.590. The van der Waals surface area contributed by atoms with Crippen LogP contribution in [0.4, 0.5) is 17.1 Å². The topological polar surface area (TPSA) is 22.3 Å². The second-order valence-electron chi connectivity index (χ2n) is 21.4. The molecular formula is C73H44BN3O. The Morgan fingerprint density at radius 1 is 0.321 bits per heavy atom. The summed E-state index contributed by atoms with van der Waals surface area (Å²) in [7, 11) is 0. The predicted molar refractivity (Wildman–Crippen MR) is 323 cm³/mol. The van der Waals surface area contributed by atoms with E-state index in [0.717, 1.165) is 61.9 Å². The summed E-state index contributed by atoms with van der Waals surface area (Å²) in [5, 5.41) is 4.90. The van der Waals surface area contributed by atoms with Gasteiger partial charge < -0.3 is 18.8 Å². The molecule has 4 heterocycles. The van der Waals surface area contributed by atoms with Crippen LogP contribution in [0.3, 0.4) is 0 Å². The van der Waals surface area contributed by atoms with Crippen molar-refractivity contribution in [2.24, 2.45) is 0 Å². The molecular weight excluding hydrogens is 946 g/mol. The van der Waals surface area contributed by atoms with Gasteiger partial charge in [-0.15, -0.1) is 0 Å². The number of rotatable bonds is 4. The van der Waals surface area contributed by atoms with Gasteiger partial charge in [-0.25, -0.2) is 0 Å². The van der Waals surface area contributed by atoms with Crippen LogP contribution in [-0.4, -0.2) is 15.8 Å². The summed E-state index contributed by atoms with van der Waals surface area (Å²) >= 11 is 0. The monoisotopic (exact) mass is 989 g/mol. The lowest BCUT2D eigenvalue weighted by atomic mass is 9.34. The van der Waals surface area contributed by atoms with Crippen LogP contribution >= 0.6 is 0 Å². The number of hydrogen-bond donors (Lipinski definition) is 0. The third kappa shape index (κ3) is 5.39. The number of para-hydroxylation sites is 4. The van der Waals surface area contributed by atoms with Crippen molar-refractivity contribution in [3.8, 4) is 56.3 Å². The summed E-state index contributed by atoms with van der Waals surface area (Å²) in [6.45, 7) is -0.163. The third-order valence-electron chi connectivity index (χ3n) is 17.8. The van der Waals surface area contributed by atoms with Crippen molar-refractivity contribution in [1.82, 2.24) is 9.13 Å². The highest BCUT2D eigenvalue weighted by atomic mass is 16.5.